The van der Waals surface area contributed by atoms with Crippen LogP contribution < -0.4 is 0 Å². The van der Waals surface area contributed by atoms with Gasteiger partial charge in [0.15, 0.2) is 10.8 Å². The molecule has 0 saturated carbocycles. The fraction of sp³-hybridized carbons (Fsp3) is 0.143. The molecule has 2 heterocycles. The van der Waals surface area contributed by atoms with Crippen molar-refractivity contribution in [2.45, 2.75) is 13.0 Å². The van der Waals surface area contributed by atoms with Gasteiger partial charge in [-0.05, 0) is 53.2 Å². The van der Waals surface area contributed by atoms with Crippen molar-refractivity contribution < 1.29 is 13.9 Å². The van der Waals surface area contributed by atoms with E-state index in [0.29, 0.717) is 16.2 Å². The Kier molecular flexibility index (Phi) is 2.76. The van der Waals surface area contributed by atoms with Crippen molar-refractivity contribution in [3.63, 3.8) is 0 Å². The van der Waals surface area contributed by atoms with Crippen molar-refractivity contribution in [2.24, 2.45) is 0 Å². The second-order valence-corrected chi connectivity index (χ2v) is 5.02. The van der Waals surface area contributed by atoms with Crippen LogP contribution in [0.2, 0.25) is 0 Å². The lowest BCUT2D eigenvalue weighted by molar-refractivity contribution is 0.163. The maximum Gasteiger partial charge on any atom is 0.169 e. The van der Waals surface area contributed by atoms with Crippen molar-refractivity contribution >= 4 is 26.9 Å². The lowest BCUT2D eigenvalue weighted by Gasteiger charge is -2.02. The summed E-state index contributed by atoms with van der Waals surface area (Å²) in [6.45, 7) is 2.02. The van der Waals surface area contributed by atoms with Crippen molar-refractivity contribution in [3.05, 3.63) is 58.2 Å². The Hall–Kier alpha value is -1.52. The fourth-order valence-electron chi connectivity index (χ4n) is 1.93. The minimum Gasteiger partial charge on any atom is -0.458 e. The summed E-state index contributed by atoms with van der Waals surface area (Å²) in [4.78, 5) is 0. The summed E-state index contributed by atoms with van der Waals surface area (Å²) in [5, 5.41) is 11.1. The molecule has 0 spiro atoms. The van der Waals surface area contributed by atoms with Gasteiger partial charge in [-0.25, -0.2) is 0 Å². The van der Waals surface area contributed by atoms with Crippen LogP contribution in [0.1, 0.15) is 23.2 Å². The Bertz CT molecular complexity index is 696. The highest BCUT2D eigenvalue weighted by Crippen LogP contribution is 2.30. The van der Waals surface area contributed by atoms with E-state index >= 15 is 0 Å². The number of aliphatic hydroxyl groups is 1. The molecule has 0 aliphatic heterocycles. The molecule has 3 rings (SSSR count). The maximum atomic E-state index is 10.2. The first kappa shape index (κ1) is 11.6. The van der Waals surface area contributed by atoms with E-state index in [1.165, 1.54) is 0 Å². The zero-order chi connectivity index (χ0) is 12.7. The molecule has 4 heteroatoms. The minimum absolute atomic E-state index is 0.456. The molecule has 2 aromatic heterocycles. The highest BCUT2D eigenvalue weighted by atomic mass is 79.9. The largest absolute Gasteiger partial charge is 0.458 e. The summed E-state index contributed by atoms with van der Waals surface area (Å²) >= 11 is 3.21. The molecule has 92 valence electrons. The average Bonchev–Trinajstić information content (AvgIpc) is 2.93. The van der Waals surface area contributed by atoms with E-state index in [0.717, 1.165) is 16.5 Å². The van der Waals surface area contributed by atoms with Gasteiger partial charge in [0.25, 0.3) is 0 Å². The number of aliphatic hydroxyl groups excluding tert-OH is 1. The summed E-state index contributed by atoms with van der Waals surface area (Å²) in [6, 6.07) is 11.2. The smallest absolute Gasteiger partial charge is 0.169 e. The summed E-state index contributed by atoms with van der Waals surface area (Å²) in [6.07, 6.45) is -0.885. The molecule has 0 saturated heterocycles. The molecule has 0 amide bonds. The lowest BCUT2D eigenvalue weighted by Crippen LogP contribution is -1.95. The van der Waals surface area contributed by atoms with Gasteiger partial charge in [0.1, 0.15) is 17.1 Å². The van der Waals surface area contributed by atoms with E-state index in [4.69, 9.17) is 8.83 Å². The summed E-state index contributed by atoms with van der Waals surface area (Å²) < 4.78 is 11.5. The molecular formula is C14H11BrO3. The van der Waals surface area contributed by atoms with E-state index in [1.54, 1.807) is 12.1 Å². The van der Waals surface area contributed by atoms with E-state index < -0.39 is 6.10 Å². The highest BCUT2D eigenvalue weighted by Gasteiger charge is 2.18. The van der Waals surface area contributed by atoms with Gasteiger partial charge in [-0.3, -0.25) is 0 Å². The summed E-state index contributed by atoms with van der Waals surface area (Å²) in [5.74, 6) is 0.940. The van der Waals surface area contributed by atoms with Crippen LogP contribution in [0.25, 0.3) is 11.0 Å². The molecule has 0 fully saturated rings. The number of hydrogen-bond donors (Lipinski definition) is 1. The van der Waals surface area contributed by atoms with Crippen molar-refractivity contribution in [3.8, 4) is 0 Å². The van der Waals surface area contributed by atoms with Crippen LogP contribution in [0.4, 0.5) is 0 Å². The van der Waals surface area contributed by atoms with Gasteiger partial charge < -0.3 is 13.9 Å². The predicted octanol–water partition coefficient (Wildman–Crippen LogP) is 4.18. The normalized spacial score (nSPS) is 13.1. The number of benzene rings is 1. The molecule has 0 aliphatic rings. The van der Waals surface area contributed by atoms with Gasteiger partial charge in [-0.1, -0.05) is 11.6 Å². The number of rotatable bonds is 2. The number of furan rings is 2. The van der Waals surface area contributed by atoms with Crippen LogP contribution in [0.5, 0.6) is 0 Å². The number of halogens is 1. The first-order valence-corrected chi connectivity index (χ1v) is 6.36. The summed E-state index contributed by atoms with van der Waals surface area (Å²) in [7, 11) is 0. The van der Waals surface area contributed by atoms with Gasteiger partial charge in [0, 0.05) is 5.39 Å². The molecule has 0 radical (unpaired) electrons. The number of hydrogen-bond acceptors (Lipinski definition) is 3. The molecule has 3 aromatic rings. The molecule has 1 N–H and O–H groups in total. The van der Waals surface area contributed by atoms with Crippen molar-refractivity contribution in [1.82, 2.24) is 0 Å². The third-order valence-corrected chi connectivity index (χ3v) is 3.25. The van der Waals surface area contributed by atoms with Gasteiger partial charge in [0.05, 0.1) is 0 Å². The zero-order valence-electron chi connectivity index (χ0n) is 9.68. The molecule has 0 aliphatic carbocycles. The number of fused-ring (bicyclic) bond motifs is 1. The molecule has 18 heavy (non-hydrogen) atoms. The van der Waals surface area contributed by atoms with E-state index in [2.05, 4.69) is 15.9 Å². The molecule has 1 unspecified atom stereocenters. The van der Waals surface area contributed by atoms with Crippen LogP contribution in [-0.4, -0.2) is 5.11 Å². The van der Waals surface area contributed by atoms with Crippen molar-refractivity contribution in [2.75, 3.05) is 0 Å². The maximum absolute atomic E-state index is 10.2. The van der Waals surface area contributed by atoms with Crippen LogP contribution in [0.15, 0.2) is 49.9 Å². The van der Waals surface area contributed by atoms with Gasteiger partial charge in [0.2, 0.25) is 0 Å². The van der Waals surface area contributed by atoms with Crippen LogP contribution in [-0.2, 0) is 0 Å². The fourth-order valence-corrected chi connectivity index (χ4v) is 2.25. The van der Waals surface area contributed by atoms with Gasteiger partial charge in [-0.15, -0.1) is 0 Å². The third kappa shape index (κ3) is 1.98. The quantitative estimate of drug-likeness (QED) is 0.772. The van der Waals surface area contributed by atoms with E-state index in [-0.39, 0.29) is 0 Å². The molecule has 1 atom stereocenters. The number of aryl methyl sites for hydroxylation is 1. The average molecular weight is 307 g/mol. The first-order chi connectivity index (χ1) is 8.63. The molecular weight excluding hydrogens is 296 g/mol. The van der Waals surface area contributed by atoms with Crippen LogP contribution in [0, 0.1) is 6.92 Å². The Morgan fingerprint density at radius 3 is 2.61 bits per heavy atom. The van der Waals surface area contributed by atoms with Crippen LogP contribution >= 0.6 is 15.9 Å². The molecule has 3 nitrogen and oxygen atoms in total. The Morgan fingerprint density at radius 2 is 1.89 bits per heavy atom. The standard InChI is InChI=1S/C14H11BrO3/c1-8-2-3-10-9(6-8)7-12(17-10)14(16)11-4-5-13(15)18-11/h2-7,14,16H,1H3. The lowest BCUT2D eigenvalue weighted by atomic mass is 10.1. The van der Waals surface area contributed by atoms with E-state index in [9.17, 15) is 5.11 Å². The SMILES string of the molecule is Cc1ccc2oc(C(O)c3ccc(Br)o3)cc2c1. The topological polar surface area (TPSA) is 46.5 Å². The predicted molar refractivity (Wildman–Crippen MR) is 71.4 cm³/mol. The minimum atomic E-state index is -0.885. The highest BCUT2D eigenvalue weighted by molar-refractivity contribution is 9.10. The second kappa shape index (κ2) is 4.30. The zero-order valence-corrected chi connectivity index (χ0v) is 11.3. The van der Waals surface area contributed by atoms with Gasteiger partial charge >= 0.3 is 0 Å². The Balaban J connectivity index is 2.03. The second-order valence-electron chi connectivity index (χ2n) is 4.23. The van der Waals surface area contributed by atoms with Crippen LogP contribution in [0.3, 0.4) is 0 Å². The van der Waals surface area contributed by atoms with E-state index in [1.807, 2.05) is 31.2 Å². The van der Waals surface area contributed by atoms with Crippen molar-refractivity contribution in [1.29, 1.82) is 0 Å². The summed E-state index contributed by atoms with van der Waals surface area (Å²) in [5.41, 5.74) is 1.92. The monoisotopic (exact) mass is 306 g/mol. The van der Waals surface area contributed by atoms with Gasteiger partial charge in [-0.2, -0.15) is 0 Å². The molecule has 1 aromatic carbocycles. The third-order valence-electron chi connectivity index (χ3n) is 2.82. The Morgan fingerprint density at radius 1 is 1.06 bits per heavy atom. The Labute approximate surface area is 112 Å². The molecule has 0 bridgehead atoms. The first-order valence-electron chi connectivity index (χ1n) is 5.57.